The summed E-state index contributed by atoms with van der Waals surface area (Å²) in [6, 6.07) is 15.3. The minimum Gasteiger partial charge on any atom is -0.374 e. The Labute approximate surface area is 213 Å². The number of pyridine rings is 2. The standard InChI is InChI=1S/C26H24FN5O4S/c27-21-17-20(26(34)32-15-13-31(14-16-32)25(33)19-8-11-28-12-9-19)6-7-22(21)30-37(35,36)23-5-1-3-18-4-2-10-29-24(18)23/h1-12,17,25,30,33H,13-16H2. The maximum atomic E-state index is 14.9. The molecule has 190 valence electrons. The van der Waals surface area contributed by atoms with Crippen LogP contribution in [-0.4, -0.2) is 65.4 Å². The summed E-state index contributed by atoms with van der Waals surface area (Å²) < 4.78 is 43.2. The van der Waals surface area contributed by atoms with E-state index in [1.807, 2.05) is 4.90 Å². The normalized spacial score (nSPS) is 15.5. The van der Waals surface area contributed by atoms with E-state index in [-0.39, 0.29) is 27.6 Å². The Morgan fingerprint density at radius 2 is 1.70 bits per heavy atom. The quantitative estimate of drug-likeness (QED) is 0.401. The lowest BCUT2D eigenvalue weighted by molar-refractivity contribution is -0.0241. The molecule has 4 aromatic rings. The fourth-order valence-electron chi connectivity index (χ4n) is 4.32. The van der Waals surface area contributed by atoms with Gasteiger partial charge in [-0.25, -0.2) is 12.8 Å². The molecule has 37 heavy (non-hydrogen) atoms. The molecule has 0 saturated carbocycles. The number of aliphatic hydroxyl groups excluding tert-OH is 1. The van der Waals surface area contributed by atoms with Crippen molar-refractivity contribution >= 4 is 32.5 Å². The molecule has 0 bridgehead atoms. The minimum absolute atomic E-state index is 0.0722. The SMILES string of the molecule is O=C(c1ccc(NS(=O)(=O)c2cccc3cccnc23)c(F)c1)N1CCN(C(O)c2ccncc2)CC1. The maximum absolute atomic E-state index is 14.9. The molecule has 0 aliphatic carbocycles. The summed E-state index contributed by atoms with van der Waals surface area (Å²) >= 11 is 0. The Hall–Kier alpha value is -3.93. The molecule has 2 aromatic heterocycles. The van der Waals surface area contributed by atoms with E-state index < -0.39 is 22.1 Å². The zero-order valence-corrected chi connectivity index (χ0v) is 20.5. The molecule has 5 rings (SSSR count). The van der Waals surface area contributed by atoms with Crippen LogP contribution in [0.5, 0.6) is 0 Å². The van der Waals surface area contributed by atoms with Crippen molar-refractivity contribution in [2.75, 3.05) is 30.9 Å². The number of carbonyl (C=O) groups excluding carboxylic acids is 1. The lowest BCUT2D eigenvalue weighted by atomic mass is 10.1. The Balaban J connectivity index is 1.27. The first kappa shape index (κ1) is 24.8. The summed E-state index contributed by atoms with van der Waals surface area (Å²) in [5.74, 6) is -1.24. The Morgan fingerprint density at radius 1 is 0.973 bits per heavy atom. The molecule has 0 spiro atoms. The number of sulfonamides is 1. The number of hydrogen-bond donors (Lipinski definition) is 2. The molecule has 2 N–H and O–H groups in total. The van der Waals surface area contributed by atoms with Crippen molar-refractivity contribution in [3.8, 4) is 0 Å². The molecule has 1 saturated heterocycles. The smallest absolute Gasteiger partial charge is 0.264 e. The van der Waals surface area contributed by atoms with Gasteiger partial charge in [0.05, 0.1) is 11.2 Å². The molecular weight excluding hydrogens is 497 g/mol. The van der Waals surface area contributed by atoms with Crippen molar-refractivity contribution in [1.29, 1.82) is 0 Å². The van der Waals surface area contributed by atoms with Crippen LogP contribution in [0.4, 0.5) is 10.1 Å². The number of fused-ring (bicyclic) bond motifs is 1. The number of halogens is 1. The van der Waals surface area contributed by atoms with Gasteiger partial charge in [0.25, 0.3) is 15.9 Å². The Morgan fingerprint density at radius 3 is 2.43 bits per heavy atom. The summed E-state index contributed by atoms with van der Waals surface area (Å²) in [7, 11) is -4.13. The highest BCUT2D eigenvalue weighted by Crippen LogP contribution is 2.26. The number of aromatic nitrogens is 2. The molecule has 1 atom stereocenters. The van der Waals surface area contributed by atoms with Crippen LogP contribution in [0.2, 0.25) is 0 Å². The zero-order chi connectivity index (χ0) is 26.0. The molecule has 11 heteroatoms. The number of hydrogen-bond acceptors (Lipinski definition) is 7. The van der Waals surface area contributed by atoms with Crippen LogP contribution in [0.1, 0.15) is 22.1 Å². The molecule has 0 radical (unpaired) electrons. The van der Waals surface area contributed by atoms with Crippen LogP contribution >= 0.6 is 0 Å². The van der Waals surface area contributed by atoms with Gasteiger partial charge in [-0.15, -0.1) is 0 Å². The van der Waals surface area contributed by atoms with Crippen LogP contribution in [0.15, 0.2) is 84.1 Å². The summed E-state index contributed by atoms with van der Waals surface area (Å²) in [5, 5.41) is 11.2. The highest BCUT2D eigenvalue weighted by atomic mass is 32.2. The Bertz CT molecular complexity index is 1540. The number of amides is 1. The highest BCUT2D eigenvalue weighted by molar-refractivity contribution is 7.93. The fraction of sp³-hybridized carbons (Fsp3) is 0.192. The van der Waals surface area contributed by atoms with Crippen molar-refractivity contribution in [3.05, 3.63) is 96.2 Å². The lowest BCUT2D eigenvalue weighted by Crippen LogP contribution is -2.49. The van der Waals surface area contributed by atoms with E-state index >= 15 is 0 Å². The van der Waals surface area contributed by atoms with Crippen LogP contribution in [-0.2, 0) is 10.0 Å². The number of nitrogens with zero attached hydrogens (tertiary/aromatic N) is 4. The van der Waals surface area contributed by atoms with Gasteiger partial charge in [0, 0.05) is 55.7 Å². The molecule has 1 aliphatic rings. The zero-order valence-electron chi connectivity index (χ0n) is 19.7. The monoisotopic (exact) mass is 521 g/mol. The van der Waals surface area contributed by atoms with Gasteiger partial charge in [0.15, 0.2) is 0 Å². The molecular formula is C26H24FN5O4S. The van der Waals surface area contributed by atoms with E-state index in [0.717, 1.165) is 6.07 Å². The van der Waals surface area contributed by atoms with Gasteiger partial charge >= 0.3 is 0 Å². The molecule has 3 heterocycles. The van der Waals surface area contributed by atoms with E-state index in [0.29, 0.717) is 37.1 Å². The van der Waals surface area contributed by atoms with Crippen LogP contribution < -0.4 is 4.72 Å². The van der Waals surface area contributed by atoms with Crippen molar-refractivity contribution in [3.63, 3.8) is 0 Å². The molecule has 1 aliphatic heterocycles. The second-order valence-electron chi connectivity index (χ2n) is 8.61. The van der Waals surface area contributed by atoms with Crippen molar-refractivity contribution in [2.45, 2.75) is 11.1 Å². The van der Waals surface area contributed by atoms with Crippen LogP contribution in [0.3, 0.4) is 0 Å². The summed E-state index contributed by atoms with van der Waals surface area (Å²) in [6.45, 7) is 1.58. The number of rotatable bonds is 6. The molecule has 1 amide bonds. The van der Waals surface area contributed by atoms with Gasteiger partial charge in [-0.2, -0.15) is 0 Å². The van der Waals surface area contributed by atoms with Crippen molar-refractivity contribution in [2.24, 2.45) is 0 Å². The van der Waals surface area contributed by atoms with Gasteiger partial charge < -0.3 is 10.0 Å². The van der Waals surface area contributed by atoms with Crippen molar-refractivity contribution < 1.29 is 22.7 Å². The van der Waals surface area contributed by atoms with E-state index in [9.17, 15) is 22.7 Å². The van der Waals surface area contributed by atoms with Gasteiger partial charge in [-0.3, -0.25) is 24.4 Å². The van der Waals surface area contributed by atoms with Crippen LogP contribution in [0.25, 0.3) is 10.9 Å². The number of aliphatic hydroxyl groups is 1. The third kappa shape index (κ3) is 5.15. The van der Waals surface area contributed by atoms with E-state index in [1.54, 1.807) is 53.7 Å². The second-order valence-corrected chi connectivity index (χ2v) is 10.3. The van der Waals surface area contributed by atoms with Gasteiger partial charge in [-0.05, 0) is 48.0 Å². The Kier molecular flexibility index (Phi) is 6.83. The third-order valence-corrected chi connectivity index (χ3v) is 7.69. The van der Waals surface area contributed by atoms with Gasteiger partial charge in [0.2, 0.25) is 0 Å². The summed E-state index contributed by atoms with van der Waals surface area (Å²) in [6.07, 6.45) is 3.90. The van der Waals surface area contributed by atoms with Crippen LogP contribution in [0, 0.1) is 5.82 Å². The number of piperazine rings is 1. The first-order valence-electron chi connectivity index (χ1n) is 11.6. The topological polar surface area (TPSA) is 116 Å². The molecule has 2 aromatic carbocycles. The summed E-state index contributed by atoms with van der Waals surface area (Å²) in [5.41, 5.74) is 0.831. The number of nitrogens with one attached hydrogen (secondary N) is 1. The molecule has 1 fully saturated rings. The van der Waals surface area contributed by atoms with E-state index in [4.69, 9.17) is 0 Å². The molecule has 1 unspecified atom stereocenters. The first-order chi connectivity index (χ1) is 17.8. The average Bonchev–Trinajstić information content (AvgIpc) is 2.93. The maximum Gasteiger partial charge on any atom is 0.264 e. The summed E-state index contributed by atoms with van der Waals surface area (Å²) in [4.78, 5) is 24.4. The first-order valence-corrected chi connectivity index (χ1v) is 13.1. The molecule has 9 nitrogen and oxygen atoms in total. The minimum atomic E-state index is -4.13. The largest absolute Gasteiger partial charge is 0.374 e. The lowest BCUT2D eigenvalue weighted by Gasteiger charge is -2.37. The number of para-hydroxylation sites is 1. The average molecular weight is 522 g/mol. The predicted octanol–water partition coefficient (Wildman–Crippen LogP) is 3.02. The number of carbonyl (C=O) groups is 1. The van der Waals surface area contributed by atoms with Gasteiger partial charge in [0.1, 0.15) is 16.9 Å². The van der Waals surface area contributed by atoms with E-state index in [1.165, 1.54) is 24.4 Å². The van der Waals surface area contributed by atoms with Crippen molar-refractivity contribution in [1.82, 2.24) is 19.8 Å². The highest BCUT2D eigenvalue weighted by Gasteiger charge is 2.27. The fourth-order valence-corrected chi connectivity index (χ4v) is 5.57. The second kappa shape index (κ2) is 10.2. The van der Waals surface area contributed by atoms with Gasteiger partial charge in [-0.1, -0.05) is 18.2 Å². The number of anilines is 1. The predicted molar refractivity (Wildman–Crippen MR) is 136 cm³/mol. The van der Waals surface area contributed by atoms with E-state index in [2.05, 4.69) is 14.7 Å². The third-order valence-electron chi connectivity index (χ3n) is 6.30. The number of benzene rings is 2.